The van der Waals surface area contributed by atoms with E-state index in [2.05, 4.69) is 0 Å². The summed E-state index contributed by atoms with van der Waals surface area (Å²) in [5.41, 5.74) is 1.14. The molecule has 0 aromatic heterocycles. The molecule has 0 spiro atoms. The van der Waals surface area contributed by atoms with Crippen LogP contribution >= 0.6 is 0 Å². The van der Waals surface area contributed by atoms with Crippen molar-refractivity contribution < 1.29 is 14.5 Å². The van der Waals surface area contributed by atoms with Gasteiger partial charge in [-0.05, 0) is 36.8 Å². The van der Waals surface area contributed by atoms with Crippen LogP contribution in [0.3, 0.4) is 0 Å². The van der Waals surface area contributed by atoms with Crippen molar-refractivity contribution in [2.45, 2.75) is 6.92 Å². The van der Waals surface area contributed by atoms with E-state index in [-0.39, 0.29) is 11.3 Å². The van der Waals surface area contributed by atoms with Gasteiger partial charge in [-0.2, -0.15) is 5.26 Å². The monoisotopic (exact) mass is 282 g/mol. The molecule has 104 valence electrons. The van der Waals surface area contributed by atoms with E-state index in [9.17, 15) is 14.9 Å². The second kappa shape index (κ2) is 5.84. The van der Waals surface area contributed by atoms with Gasteiger partial charge in [0.25, 0.3) is 5.69 Å². The van der Waals surface area contributed by atoms with Gasteiger partial charge in [0.05, 0.1) is 10.5 Å². The molecule has 0 saturated carbocycles. The first-order valence-electron chi connectivity index (χ1n) is 5.97. The first-order valence-corrected chi connectivity index (χ1v) is 5.97. The average Bonchev–Trinajstić information content (AvgIpc) is 2.49. The fourth-order valence-corrected chi connectivity index (χ4v) is 1.78. The molecule has 2 aromatic carbocycles. The summed E-state index contributed by atoms with van der Waals surface area (Å²) in [4.78, 5) is 20.9. The average molecular weight is 282 g/mol. The molecule has 0 fully saturated rings. The Morgan fingerprint density at radius 2 is 1.95 bits per heavy atom. The molecule has 0 N–H and O–H groups in total. The largest absolute Gasteiger partial charge is 0.456 e. The van der Waals surface area contributed by atoms with Crippen molar-refractivity contribution in [3.8, 4) is 17.6 Å². The number of hydrogen-bond donors (Lipinski definition) is 0. The van der Waals surface area contributed by atoms with Gasteiger partial charge in [-0.3, -0.25) is 14.9 Å². The minimum absolute atomic E-state index is 0.0309. The molecule has 0 saturated heterocycles. The van der Waals surface area contributed by atoms with Gasteiger partial charge in [-0.1, -0.05) is 0 Å². The Hall–Kier alpha value is -3.20. The van der Waals surface area contributed by atoms with Crippen molar-refractivity contribution >= 4 is 12.0 Å². The van der Waals surface area contributed by atoms with Crippen molar-refractivity contribution in [3.05, 3.63) is 63.2 Å². The molecule has 0 bridgehead atoms. The Kier molecular flexibility index (Phi) is 3.95. The Balaban J connectivity index is 2.37. The summed E-state index contributed by atoms with van der Waals surface area (Å²) >= 11 is 0. The van der Waals surface area contributed by atoms with Crippen LogP contribution in [0.5, 0.6) is 11.5 Å². The molecule has 0 atom stereocenters. The molecule has 0 aliphatic heterocycles. The summed E-state index contributed by atoms with van der Waals surface area (Å²) in [7, 11) is 0. The number of benzene rings is 2. The van der Waals surface area contributed by atoms with Gasteiger partial charge in [0.2, 0.25) is 0 Å². The molecule has 2 rings (SSSR count). The number of nitro benzene ring substituents is 1. The molecule has 0 aliphatic rings. The van der Waals surface area contributed by atoms with Gasteiger partial charge in [-0.15, -0.1) is 0 Å². The quantitative estimate of drug-likeness (QED) is 0.486. The van der Waals surface area contributed by atoms with Crippen LogP contribution in [0, 0.1) is 28.4 Å². The summed E-state index contributed by atoms with van der Waals surface area (Å²) in [6.45, 7) is 1.67. The van der Waals surface area contributed by atoms with E-state index in [0.29, 0.717) is 28.9 Å². The third-order valence-corrected chi connectivity index (χ3v) is 2.85. The number of hydrogen-bond acceptors (Lipinski definition) is 5. The smallest absolute Gasteiger partial charge is 0.269 e. The fraction of sp³-hybridized carbons (Fsp3) is 0.0667. The number of aldehydes is 1. The lowest BCUT2D eigenvalue weighted by molar-refractivity contribution is -0.384. The number of rotatable bonds is 4. The number of carbonyl (C=O) groups is 1. The number of non-ortho nitro benzene ring substituents is 1. The summed E-state index contributed by atoms with van der Waals surface area (Å²) in [6, 6.07) is 10.6. The molecule has 6 nitrogen and oxygen atoms in total. The van der Waals surface area contributed by atoms with E-state index in [0.717, 1.165) is 0 Å². The minimum atomic E-state index is -0.490. The Morgan fingerprint density at radius 1 is 1.24 bits per heavy atom. The van der Waals surface area contributed by atoms with E-state index in [1.807, 2.05) is 6.07 Å². The van der Waals surface area contributed by atoms with Crippen molar-refractivity contribution in [1.82, 2.24) is 0 Å². The standard InChI is InChI=1S/C15H10N2O4/c1-10-6-13(17(19)20)3-5-14(10)21-15-4-2-11(9-18)7-12(15)8-16/h2-7,9H,1H3. The van der Waals surface area contributed by atoms with Crippen molar-refractivity contribution in [2.24, 2.45) is 0 Å². The zero-order valence-electron chi connectivity index (χ0n) is 11.1. The summed E-state index contributed by atoms with van der Waals surface area (Å²) < 4.78 is 5.60. The SMILES string of the molecule is Cc1cc([N+](=O)[O-])ccc1Oc1ccc(C=O)cc1C#N. The second-order valence-electron chi connectivity index (χ2n) is 4.29. The number of nitrogens with zero attached hydrogens (tertiary/aromatic N) is 2. The predicted octanol–water partition coefficient (Wildman–Crippen LogP) is 3.38. The highest BCUT2D eigenvalue weighted by Crippen LogP contribution is 2.30. The lowest BCUT2D eigenvalue weighted by atomic mass is 10.1. The highest BCUT2D eigenvalue weighted by molar-refractivity contribution is 5.76. The van der Waals surface area contributed by atoms with Crippen LogP contribution in [0.1, 0.15) is 21.5 Å². The first kappa shape index (κ1) is 14.2. The third kappa shape index (κ3) is 3.04. The van der Waals surface area contributed by atoms with Crippen LogP contribution in [0.4, 0.5) is 5.69 Å². The van der Waals surface area contributed by atoms with Crippen LogP contribution in [0.25, 0.3) is 0 Å². The van der Waals surface area contributed by atoms with Crippen LogP contribution in [-0.2, 0) is 0 Å². The van der Waals surface area contributed by atoms with Crippen molar-refractivity contribution in [3.63, 3.8) is 0 Å². The van der Waals surface area contributed by atoms with E-state index >= 15 is 0 Å². The summed E-state index contributed by atoms with van der Waals surface area (Å²) in [5, 5.41) is 19.7. The molecule has 0 radical (unpaired) electrons. The third-order valence-electron chi connectivity index (χ3n) is 2.85. The first-order chi connectivity index (χ1) is 10.0. The molecular formula is C15H10N2O4. The van der Waals surface area contributed by atoms with Crippen LogP contribution in [0.2, 0.25) is 0 Å². The predicted molar refractivity (Wildman–Crippen MR) is 74.5 cm³/mol. The number of carbonyl (C=O) groups excluding carboxylic acids is 1. The molecular weight excluding hydrogens is 272 g/mol. The highest BCUT2D eigenvalue weighted by atomic mass is 16.6. The molecule has 0 amide bonds. The fourth-order valence-electron chi connectivity index (χ4n) is 1.78. The maximum Gasteiger partial charge on any atom is 0.269 e. The maximum atomic E-state index is 10.7. The van der Waals surface area contributed by atoms with Gasteiger partial charge in [-0.25, -0.2) is 0 Å². The lowest BCUT2D eigenvalue weighted by Crippen LogP contribution is -1.94. The summed E-state index contributed by atoms with van der Waals surface area (Å²) in [6.07, 6.45) is 0.641. The second-order valence-corrected chi connectivity index (χ2v) is 4.29. The lowest BCUT2D eigenvalue weighted by Gasteiger charge is -2.10. The number of nitro groups is 1. The van der Waals surface area contributed by atoms with Gasteiger partial charge in [0.15, 0.2) is 0 Å². The van der Waals surface area contributed by atoms with E-state index in [4.69, 9.17) is 10.00 Å². The van der Waals surface area contributed by atoms with Gasteiger partial charge in [0, 0.05) is 17.7 Å². The number of ether oxygens (including phenoxy) is 1. The van der Waals surface area contributed by atoms with Crippen molar-refractivity contribution in [1.29, 1.82) is 5.26 Å². The maximum absolute atomic E-state index is 10.7. The summed E-state index contributed by atoms with van der Waals surface area (Å²) in [5.74, 6) is 0.705. The van der Waals surface area contributed by atoms with Gasteiger partial charge < -0.3 is 4.74 Å². The van der Waals surface area contributed by atoms with E-state index < -0.39 is 4.92 Å². The molecule has 0 heterocycles. The normalized spacial score (nSPS) is 9.71. The highest BCUT2D eigenvalue weighted by Gasteiger charge is 2.11. The van der Waals surface area contributed by atoms with Crippen LogP contribution in [0.15, 0.2) is 36.4 Å². The van der Waals surface area contributed by atoms with E-state index in [1.165, 1.54) is 36.4 Å². The zero-order chi connectivity index (χ0) is 15.4. The van der Waals surface area contributed by atoms with Crippen LogP contribution < -0.4 is 4.74 Å². The molecule has 0 unspecified atom stereocenters. The van der Waals surface area contributed by atoms with E-state index in [1.54, 1.807) is 6.92 Å². The Labute approximate surface area is 120 Å². The van der Waals surface area contributed by atoms with Gasteiger partial charge in [0.1, 0.15) is 23.9 Å². The molecule has 6 heteroatoms. The number of aryl methyl sites for hydroxylation is 1. The molecule has 0 aliphatic carbocycles. The molecule has 21 heavy (non-hydrogen) atoms. The molecule has 2 aromatic rings. The number of nitriles is 1. The van der Waals surface area contributed by atoms with Crippen LogP contribution in [-0.4, -0.2) is 11.2 Å². The minimum Gasteiger partial charge on any atom is -0.456 e. The zero-order valence-corrected chi connectivity index (χ0v) is 11.1. The van der Waals surface area contributed by atoms with Crippen molar-refractivity contribution in [2.75, 3.05) is 0 Å². The van der Waals surface area contributed by atoms with Gasteiger partial charge >= 0.3 is 0 Å². The Bertz CT molecular complexity index is 763. The topological polar surface area (TPSA) is 93.2 Å². The Morgan fingerprint density at radius 3 is 2.52 bits per heavy atom.